The second kappa shape index (κ2) is 5.30. The Morgan fingerprint density at radius 1 is 0.882 bits per heavy atom. The van der Waals surface area contributed by atoms with Crippen molar-refractivity contribution in [3.63, 3.8) is 0 Å². The van der Waals surface area contributed by atoms with Crippen LogP contribution in [0.25, 0.3) is 0 Å². The molecule has 86 valence electrons. The fourth-order valence-corrected chi connectivity index (χ4v) is 1.87. The van der Waals surface area contributed by atoms with Crippen LogP contribution in [0.5, 0.6) is 0 Å². The molecule has 0 spiro atoms. The number of carboxylic acids is 1. The van der Waals surface area contributed by atoms with Crippen LogP contribution in [0.2, 0.25) is 0 Å². The van der Waals surface area contributed by atoms with Crippen molar-refractivity contribution in [1.82, 2.24) is 0 Å². The maximum Gasteiger partial charge on any atom is 0.335 e. The molecule has 2 heteroatoms. The molecule has 0 bridgehead atoms. The zero-order chi connectivity index (χ0) is 12.1. The third kappa shape index (κ3) is 2.94. The molecule has 0 radical (unpaired) electrons. The molecule has 0 saturated carbocycles. The number of carboxylic acid groups (broad SMARTS) is 1. The summed E-state index contributed by atoms with van der Waals surface area (Å²) in [4.78, 5) is 11.0. The minimum absolute atomic E-state index is 0.406. The third-order valence-electron chi connectivity index (χ3n) is 2.77. The van der Waals surface area contributed by atoms with E-state index in [0.717, 1.165) is 18.4 Å². The molecule has 17 heavy (non-hydrogen) atoms. The molecule has 0 atom stereocenters. The van der Waals surface area contributed by atoms with Gasteiger partial charge in [0.2, 0.25) is 0 Å². The smallest absolute Gasteiger partial charge is 0.335 e. The van der Waals surface area contributed by atoms with Gasteiger partial charge in [-0.15, -0.1) is 0 Å². The molecule has 2 rings (SSSR count). The van der Waals surface area contributed by atoms with Gasteiger partial charge in [0.1, 0.15) is 0 Å². The Morgan fingerprint density at radius 2 is 1.53 bits per heavy atom. The predicted molar refractivity (Wildman–Crippen MR) is 67.3 cm³/mol. The zero-order valence-corrected chi connectivity index (χ0v) is 9.47. The van der Waals surface area contributed by atoms with Crippen LogP contribution in [-0.4, -0.2) is 11.1 Å². The molecule has 0 aliphatic carbocycles. The molecule has 2 nitrogen and oxygen atoms in total. The summed E-state index contributed by atoms with van der Waals surface area (Å²) in [5, 5.41) is 9.06. The quantitative estimate of drug-likeness (QED) is 0.869. The summed E-state index contributed by atoms with van der Waals surface area (Å²) in [6.07, 6.45) is 1.62. The Morgan fingerprint density at radius 3 is 2.24 bits per heavy atom. The summed E-state index contributed by atoms with van der Waals surface area (Å²) >= 11 is 0. The van der Waals surface area contributed by atoms with Crippen molar-refractivity contribution in [3.05, 3.63) is 71.3 Å². The lowest BCUT2D eigenvalue weighted by atomic mass is 10.00. The van der Waals surface area contributed by atoms with Gasteiger partial charge in [-0.2, -0.15) is 0 Å². The van der Waals surface area contributed by atoms with E-state index in [1.165, 1.54) is 5.56 Å². The van der Waals surface area contributed by atoms with E-state index in [-0.39, 0.29) is 0 Å². The highest BCUT2D eigenvalue weighted by atomic mass is 16.4. The number of aryl methyl sites for hydroxylation is 2. The van der Waals surface area contributed by atoms with E-state index in [0.29, 0.717) is 5.56 Å². The molecule has 0 aromatic heterocycles. The highest BCUT2D eigenvalue weighted by molar-refractivity contribution is 5.89. The van der Waals surface area contributed by atoms with Crippen LogP contribution in [0.1, 0.15) is 21.5 Å². The van der Waals surface area contributed by atoms with E-state index in [1.807, 2.05) is 30.3 Å². The van der Waals surface area contributed by atoms with Crippen molar-refractivity contribution in [2.75, 3.05) is 0 Å². The molecule has 2 aromatic carbocycles. The van der Waals surface area contributed by atoms with Crippen molar-refractivity contribution in [2.24, 2.45) is 0 Å². The first-order valence-corrected chi connectivity index (χ1v) is 5.62. The highest BCUT2D eigenvalue weighted by Gasteiger charge is 2.08. The molecule has 2 aromatic rings. The molecule has 0 aliphatic rings. The zero-order valence-electron chi connectivity index (χ0n) is 9.47. The normalized spacial score (nSPS) is 10.1. The topological polar surface area (TPSA) is 37.3 Å². The fraction of sp³-hybridized carbons (Fsp3) is 0.133. The monoisotopic (exact) mass is 226 g/mol. The molecule has 0 aliphatic heterocycles. The first kappa shape index (κ1) is 11.4. The van der Waals surface area contributed by atoms with Crippen molar-refractivity contribution in [3.8, 4) is 0 Å². The Balaban J connectivity index is 2.12. The first-order chi connectivity index (χ1) is 8.27. The van der Waals surface area contributed by atoms with Crippen LogP contribution in [0.4, 0.5) is 0 Å². The van der Waals surface area contributed by atoms with Gasteiger partial charge >= 0.3 is 5.97 Å². The van der Waals surface area contributed by atoms with Gasteiger partial charge < -0.3 is 5.11 Å². The molecular formula is C15H14O2. The summed E-state index contributed by atoms with van der Waals surface area (Å²) in [6.45, 7) is 0. The van der Waals surface area contributed by atoms with Crippen molar-refractivity contribution < 1.29 is 9.90 Å². The van der Waals surface area contributed by atoms with E-state index in [1.54, 1.807) is 12.1 Å². The van der Waals surface area contributed by atoms with E-state index in [4.69, 9.17) is 5.11 Å². The third-order valence-corrected chi connectivity index (χ3v) is 2.77. The van der Waals surface area contributed by atoms with Crippen molar-refractivity contribution in [1.29, 1.82) is 0 Å². The summed E-state index contributed by atoms with van der Waals surface area (Å²) in [7, 11) is 0. The van der Waals surface area contributed by atoms with Gasteiger partial charge in [0.15, 0.2) is 0 Å². The van der Waals surface area contributed by atoms with Gasteiger partial charge in [-0.1, -0.05) is 48.5 Å². The summed E-state index contributed by atoms with van der Waals surface area (Å²) in [6, 6.07) is 17.3. The molecule has 1 N–H and O–H groups in total. The second-order valence-electron chi connectivity index (χ2n) is 3.95. The number of benzene rings is 2. The number of carbonyl (C=O) groups is 1. The number of hydrogen-bond acceptors (Lipinski definition) is 1. The minimum Gasteiger partial charge on any atom is -0.478 e. The largest absolute Gasteiger partial charge is 0.478 e. The predicted octanol–water partition coefficient (Wildman–Crippen LogP) is 3.17. The van der Waals surface area contributed by atoms with Gasteiger partial charge in [-0.25, -0.2) is 4.79 Å². The van der Waals surface area contributed by atoms with Crippen LogP contribution < -0.4 is 0 Å². The average molecular weight is 226 g/mol. The molecule has 0 unspecified atom stereocenters. The van der Waals surface area contributed by atoms with Gasteiger partial charge in [0, 0.05) is 0 Å². The van der Waals surface area contributed by atoms with E-state index in [2.05, 4.69) is 12.1 Å². The van der Waals surface area contributed by atoms with E-state index < -0.39 is 5.97 Å². The van der Waals surface area contributed by atoms with Crippen molar-refractivity contribution in [2.45, 2.75) is 12.8 Å². The Labute approximate surface area is 101 Å². The average Bonchev–Trinajstić information content (AvgIpc) is 2.38. The molecule has 0 heterocycles. The summed E-state index contributed by atoms with van der Waals surface area (Å²) in [5.41, 5.74) is 2.53. The van der Waals surface area contributed by atoms with Crippen LogP contribution in [0.15, 0.2) is 54.6 Å². The maximum absolute atomic E-state index is 11.0. The minimum atomic E-state index is -0.853. The lowest BCUT2D eigenvalue weighted by Gasteiger charge is -2.05. The number of rotatable bonds is 4. The summed E-state index contributed by atoms with van der Waals surface area (Å²) in [5.74, 6) is -0.853. The molecule has 0 amide bonds. The van der Waals surface area contributed by atoms with Crippen LogP contribution in [0.3, 0.4) is 0 Å². The summed E-state index contributed by atoms with van der Waals surface area (Å²) < 4.78 is 0. The lowest BCUT2D eigenvalue weighted by Crippen LogP contribution is -2.03. The Bertz CT molecular complexity index is 503. The first-order valence-electron chi connectivity index (χ1n) is 5.62. The van der Waals surface area contributed by atoms with Gasteiger partial charge in [-0.05, 0) is 30.0 Å². The number of aromatic carboxylic acids is 1. The van der Waals surface area contributed by atoms with Crippen LogP contribution in [-0.2, 0) is 12.8 Å². The van der Waals surface area contributed by atoms with E-state index in [9.17, 15) is 4.79 Å². The Kier molecular flexibility index (Phi) is 3.55. The SMILES string of the molecule is O=C(O)c1ccccc1CCc1ccccc1. The van der Waals surface area contributed by atoms with Crippen LogP contribution in [0, 0.1) is 0 Å². The molecular weight excluding hydrogens is 212 g/mol. The molecule has 0 fully saturated rings. The van der Waals surface area contributed by atoms with E-state index >= 15 is 0 Å². The Hall–Kier alpha value is -2.09. The van der Waals surface area contributed by atoms with Gasteiger partial charge in [0.25, 0.3) is 0 Å². The fourth-order valence-electron chi connectivity index (χ4n) is 1.87. The molecule has 0 saturated heterocycles. The maximum atomic E-state index is 11.0. The van der Waals surface area contributed by atoms with Crippen molar-refractivity contribution >= 4 is 5.97 Å². The lowest BCUT2D eigenvalue weighted by molar-refractivity contribution is 0.0695. The van der Waals surface area contributed by atoms with Gasteiger partial charge in [0.05, 0.1) is 5.56 Å². The van der Waals surface area contributed by atoms with Gasteiger partial charge in [-0.3, -0.25) is 0 Å². The highest BCUT2D eigenvalue weighted by Crippen LogP contribution is 2.12. The second-order valence-corrected chi connectivity index (χ2v) is 3.95. The standard InChI is InChI=1S/C15H14O2/c16-15(17)14-9-5-4-8-13(14)11-10-12-6-2-1-3-7-12/h1-9H,10-11H2,(H,16,17). The van der Waals surface area contributed by atoms with Crippen LogP contribution >= 0.6 is 0 Å². The number of hydrogen-bond donors (Lipinski definition) is 1.